The molecule has 1 N–H and O–H groups in total. The smallest absolute Gasteiger partial charge is 0.164 e. The van der Waals surface area contributed by atoms with Crippen molar-refractivity contribution >= 4 is 11.5 Å². The van der Waals surface area contributed by atoms with E-state index in [1.807, 2.05) is 13.8 Å². The molecule has 0 aliphatic rings. The van der Waals surface area contributed by atoms with E-state index in [0.29, 0.717) is 22.7 Å². The molecule has 3 heterocycles. The van der Waals surface area contributed by atoms with Crippen LogP contribution in [0.25, 0.3) is 16.9 Å². The second-order valence-corrected chi connectivity index (χ2v) is 6.77. The maximum Gasteiger partial charge on any atom is 0.164 e. The molecule has 0 radical (unpaired) electrons. The van der Waals surface area contributed by atoms with Gasteiger partial charge in [-0.1, -0.05) is 19.9 Å². The summed E-state index contributed by atoms with van der Waals surface area (Å²) in [7, 11) is 0. The number of halogens is 2. The first-order valence-electron chi connectivity index (χ1n) is 8.85. The van der Waals surface area contributed by atoms with Gasteiger partial charge in [0.25, 0.3) is 0 Å². The van der Waals surface area contributed by atoms with Crippen molar-refractivity contribution in [2.45, 2.75) is 19.9 Å². The molecule has 4 rings (SSSR count). The van der Waals surface area contributed by atoms with Gasteiger partial charge in [-0.05, 0) is 18.1 Å². The first-order chi connectivity index (χ1) is 13.5. The molecule has 0 aliphatic carbocycles. The van der Waals surface area contributed by atoms with Gasteiger partial charge in [0, 0.05) is 31.5 Å². The first-order valence-corrected chi connectivity index (χ1v) is 8.85. The zero-order chi connectivity index (χ0) is 19.7. The van der Waals surface area contributed by atoms with Gasteiger partial charge in [-0.2, -0.15) is 5.10 Å². The van der Waals surface area contributed by atoms with Crippen LogP contribution in [0.3, 0.4) is 0 Å². The number of rotatable bonds is 5. The van der Waals surface area contributed by atoms with Crippen molar-refractivity contribution in [2.24, 2.45) is 5.92 Å². The number of hydrogen-bond acceptors (Lipinski definition) is 5. The average Bonchev–Trinajstić information content (AvgIpc) is 3.11. The number of anilines is 1. The molecule has 0 amide bonds. The third-order valence-corrected chi connectivity index (χ3v) is 4.49. The van der Waals surface area contributed by atoms with Gasteiger partial charge in [-0.3, -0.25) is 0 Å². The molecule has 6 nitrogen and oxygen atoms in total. The van der Waals surface area contributed by atoms with Crippen LogP contribution in [0.1, 0.15) is 26.9 Å². The average molecular weight is 382 g/mol. The van der Waals surface area contributed by atoms with Crippen LogP contribution in [0.2, 0.25) is 0 Å². The van der Waals surface area contributed by atoms with Gasteiger partial charge in [-0.25, -0.2) is 28.2 Å². The van der Waals surface area contributed by atoms with Crippen molar-refractivity contribution in [3.8, 4) is 11.3 Å². The van der Waals surface area contributed by atoms with Crippen molar-refractivity contribution in [3.63, 3.8) is 0 Å². The highest BCUT2D eigenvalue weighted by molar-refractivity contribution is 5.75. The maximum atomic E-state index is 14.3. The van der Waals surface area contributed by atoms with E-state index in [0.717, 1.165) is 11.6 Å². The van der Waals surface area contributed by atoms with Gasteiger partial charge in [0.1, 0.15) is 23.8 Å². The van der Waals surface area contributed by atoms with Gasteiger partial charge in [-0.15, -0.1) is 0 Å². The van der Waals surface area contributed by atoms with Crippen molar-refractivity contribution in [2.75, 3.05) is 5.32 Å². The molecule has 0 saturated carbocycles. The van der Waals surface area contributed by atoms with Crippen LogP contribution >= 0.6 is 0 Å². The van der Waals surface area contributed by atoms with Gasteiger partial charge in [0.2, 0.25) is 0 Å². The van der Waals surface area contributed by atoms with Crippen molar-refractivity contribution in [1.82, 2.24) is 24.6 Å². The minimum absolute atomic E-state index is 0. The fourth-order valence-corrected chi connectivity index (χ4v) is 3.11. The van der Waals surface area contributed by atoms with Crippen LogP contribution in [0.4, 0.5) is 14.6 Å². The summed E-state index contributed by atoms with van der Waals surface area (Å²) in [5, 5.41) is 7.51. The molecular weight excluding hydrogens is 362 g/mol. The molecule has 0 aliphatic heterocycles. The maximum absolute atomic E-state index is 14.3. The van der Waals surface area contributed by atoms with Crippen molar-refractivity contribution < 1.29 is 10.2 Å². The summed E-state index contributed by atoms with van der Waals surface area (Å²) >= 11 is 0. The van der Waals surface area contributed by atoms with E-state index in [-0.39, 0.29) is 13.4 Å². The van der Waals surface area contributed by atoms with Gasteiger partial charge in [0.05, 0.1) is 23.5 Å². The number of nitrogens with zero attached hydrogens (tertiary/aromatic N) is 5. The summed E-state index contributed by atoms with van der Waals surface area (Å²) in [4.78, 5) is 12.9. The molecule has 144 valence electrons. The lowest BCUT2D eigenvalue weighted by atomic mass is 9.95. The lowest BCUT2D eigenvalue weighted by Gasteiger charge is -2.24. The monoisotopic (exact) mass is 382 g/mol. The number of aromatic nitrogens is 5. The Morgan fingerprint density at radius 1 is 1.11 bits per heavy atom. The van der Waals surface area contributed by atoms with Crippen LogP contribution in [-0.4, -0.2) is 24.6 Å². The summed E-state index contributed by atoms with van der Waals surface area (Å²) in [6, 6.07) is 6.78. The third-order valence-electron chi connectivity index (χ3n) is 4.49. The van der Waals surface area contributed by atoms with Crippen LogP contribution in [0.15, 0.2) is 55.2 Å². The summed E-state index contributed by atoms with van der Waals surface area (Å²) < 4.78 is 29.3. The highest BCUT2D eigenvalue weighted by Gasteiger charge is 2.21. The van der Waals surface area contributed by atoms with Crippen LogP contribution in [0.5, 0.6) is 0 Å². The summed E-state index contributed by atoms with van der Waals surface area (Å²) in [5.74, 6) is -0.624. The van der Waals surface area contributed by atoms with Crippen LogP contribution < -0.4 is 5.32 Å². The molecule has 0 spiro atoms. The Hall–Kier alpha value is -3.42. The van der Waals surface area contributed by atoms with Gasteiger partial charge >= 0.3 is 0 Å². The molecule has 0 unspecified atom stereocenters. The van der Waals surface area contributed by atoms with Crippen molar-refractivity contribution in [1.29, 1.82) is 0 Å². The van der Waals surface area contributed by atoms with E-state index in [1.165, 1.54) is 18.5 Å². The minimum atomic E-state index is -0.603. The van der Waals surface area contributed by atoms with Crippen LogP contribution in [0, 0.1) is 17.6 Å². The quantitative estimate of drug-likeness (QED) is 0.550. The zero-order valence-electron chi connectivity index (χ0n) is 15.3. The Morgan fingerprint density at radius 2 is 1.96 bits per heavy atom. The summed E-state index contributed by atoms with van der Waals surface area (Å²) in [6.45, 7) is 3.91. The molecule has 0 bridgehead atoms. The highest BCUT2D eigenvalue weighted by atomic mass is 19.1. The largest absolute Gasteiger partial charge is 0.363 e. The fraction of sp³-hybridized carbons (Fsp3) is 0.200. The summed E-state index contributed by atoms with van der Waals surface area (Å²) in [6.07, 6.45) is 6.61. The lowest BCUT2D eigenvalue weighted by molar-refractivity contribution is 0.502. The molecular formula is C20H20F2N6. The lowest BCUT2D eigenvalue weighted by Crippen LogP contribution is -2.19. The molecule has 3 aromatic heterocycles. The minimum Gasteiger partial charge on any atom is -0.363 e. The number of nitrogens with one attached hydrogen (secondary N) is 1. The standard InChI is InChI=1S/C20H18F2N6.H2/c1-12(2)19(14-5-4-13(21)8-16(14)22)27-18-9-17(24-11-25-18)15-10-26-28-7-3-6-23-20(15)28;/h3-12,19H,1-2H3,(H,24,25,27);1H/t19-;/m0./s1. The highest BCUT2D eigenvalue weighted by Crippen LogP contribution is 2.29. The second-order valence-electron chi connectivity index (χ2n) is 6.77. The third kappa shape index (κ3) is 3.40. The Balaban J connectivity index is 0.00000240. The van der Waals surface area contributed by atoms with E-state index in [2.05, 4.69) is 25.4 Å². The Labute approximate surface area is 161 Å². The number of fused-ring (bicyclic) bond motifs is 1. The number of benzene rings is 1. The molecule has 1 aromatic carbocycles. The molecule has 1 atom stereocenters. The molecule has 0 fully saturated rings. The predicted molar refractivity (Wildman–Crippen MR) is 104 cm³/mol. The Bertz CT molecular complexity index is 1130. The van der Waals surface area contributed by atoms with E-state index >= 15 is 0 Å². The Morgan fingerprint density at radius 3 is 2.75 bits per heavy atom. The number of hydrogen-bond donors (Lipinski definition) is 1. The van der Waals surface area contributed by atoms with E-state index < -0.39 is 11.6 Å². The first kappa shape index (κ1) is 18.0. The SMILES string of the molecule is CC(C)[C@H](Nc1cc(-c2cnn3cccnc23)ncn1)c1ccc(F)cc1F.[HH]. The molecule has 8 heteroatoms. The van der Waals surface area contributed by atoms with E-state index in [9.17, 15) is 8.78 Å². The van der Waals surface area contributed by atoms with Crippen LogP contribution in [-0.2, 0) is 0 Å². The Kier molecular flexibility index (Phi) is 4.68. The zero-order valence-corrected chi connectivity index (χ0v) is 15.3. The van der Waals surface area contributed by atoms with Gasteiger partial charge < -0.3 is 5.32 Å². The molecule has 28 heavy (non-hydrogen) atoms. The second kappa shape index (κ2) is 7.30. The molecule has 4 aromatic rings. The van der Waals surface area contributed by atoms with Crippen molar-refractivity contribution in [3.05, 3.63) is 72.4 Å². The van der Waals surface area contributed by atoms with Gasteiger partial charge in [0.15, 0.2) is 5.65 Å². The topological polar surface area (TPSA) is 68.0 Å². The predicted octanol–water partition coefficient (Wildman–Crippen LogP) is 4.52. The van der Waals surface area contributed by atoms with E-state index in [4.69, 9.17) is 0 Å². The normalized spacial score (nSPS) is 12.5. The fourth-order valence-electron chi connectivity index (χ4n) is 3.11. The summed E-state index contributed by atoms with van der Waals surface area (Å²) in [5.41, 5.74) is 2.47. The van der Waals surface area contributed by atoms with E-state index in [1.54, 1.807) is 35.2 Å². The molecule has 0 saturated heterocycles.